The summed E-state index contributed by atoms with van der Waals surface area (Å²) in [4.78, 5) is 26.3. The standard InChI is InChI=1S/C26H19O4P/c27-23-21-22(24(28)30-23)26(19-12-6-2-7-13-19)17-16-25(21,18-10-4-1-5-11-18)31(26,29)20-14-8-3-9-15-20/h1-17,21-22H/t21-,22+,25-,26+,31?. The third kappa shape index (κ3) is 1.95. The van der Waals surface area contributed by atoms with Crippen molar-refractivity contribution < 1.29 is 18.9 Å². The molecule has 0 saturated carbocycles. The van der Waals surface area contributed by atoms with Crippen LogP contribution in [0, 0.1) is 11.8 Å². The number of allylic oxidation sites excluding steroid dienone is 2. The summed E-state index contributed by atoms with van der Waals surface area (Å²) in [7, 11) is -3.48. The number of ether oxygens (including phenoxy) is 1. The monoisotopic (exact) mass is 426 g/mol. The SMILES string of the molecule is O=C1OC(=O)[C@H]2[C@@H]1[C@@]1(c3ccccc3)C=C[C@]2(c2ccccc2)P1(=O)c1ccccc1. The number of hydrogen-bond donors (Lipinski definition) is 0. The van der Waals surface area contributed by atoms with Gasteiger partial charge in [0.05, 0.1) is 22.1 Å². The zero-order valence-corrected chi connectivity index (χ0v) is 17.4. The first-order valence-corrected chi connectivity index (χ1v) is 12.0. The van der Waals surface area contributed by atoms with Crippen molar-refractivity contribution in [2.75, 3.05) is 0 Å². The van der Waals surface area contributed by atoms with Gasteiger partial charge in [0.1, 0.15) is 7.14 Å². The van der Waals surface area contributed by atoms with Crippen LogP contribution in [0.5, 0.6) is 0 Å². The van der Waals surface area contributed by atoms with Gasteiger partial charge in [-0.2, -0.15) is 0 Å². The summed E-state index contributed by atoms with van der Waals surface area (Å²) >= 11 is 0. The molecule has 3 aliphatic heterocycles. The number of rotatable bonds is 3. The molecule has 5 atom stereocenters. The number of carbonyl (C=O) groups is 2. The van der Waals surface area contributed by atoms with Crippen LogP contribution in [0.15, 0.2) is 103 Å². The third-order valence-electron chi connectivity index (χ3n) is 7.22. The summed E-state index contributed by atoms with van der Waals surface area (Å²) in [6, 6.07) is 28.2. The Morgan fingerprint density at radius 2 is 1.00 bits per heavy atom. The Kier molecular flexibility index (Phi) is 3.68. The van der Waals surface area contributed by atoms with E-state index in [2.05, 4.69) is 0 Å². The molecule has 31 heavy (non-hydrogen) atoms. The molecule has 3 aromatic carbocycles. The van der Waals surface area contributed by atoms with Gasteiger partial charge in [-0.25, -0.2) is 0 Å². The van der Waals surface area contributed by atoms with Crippen molar-refractivity contribution in [1.82, 2.24) is 0 Å². The normalized spacial score (nSPS) is 35.2. The largest absolute Gasteiger partial charge is 0.393 e. The Morgan fingerprint density at radius 1 is 0.613 bits per heavy atom. The Morgan fingerprint density at radius 3 is 1.42 bits per heavy atom. The topological polar surface area (TPSA) is 60.4 Å². The molecular formula is C26H19O4P. The van der Waals surface area contributed by atoms with Crippen LogP contribution in [0.1, 0.15) is 11.1 Å². The maximum absolute atomic E-state index is 15.7. The number of benzene rings is 3. The van der Waals surface area contributed by atoms with Crippen LogP contribution < -0.4 is 5.30 Å². The molecule has 3 heterocycles. The van der Waals surface area contributed by atoms with Gasteiger partial charge in [0.2, 0.25) is 0 Å². The molecule has 2 bridgehead atoms. The number of fused-ring (bicyclic) bond motifs is 5. The van der Waals surface area contributed by atoms with Gasteiger partial charge < -0.3 is 9.30 Å². The molecule has 0 aromatic heterocycles. The second kappa shape index (κ2) is 6.15. The summed E-state index contributed by atoms with van der Waals surface area (Å²) in [6.07, 6.45) is 3.84. The molecule has 152 valence electrons. The molecule has 3 aromatic rings. The molecule has 6 rings (SSSR count). The molecule has 3 aliphatic rings. The Balaban J connectivity index is 1.79. The molecule has 1 unspecified atom stereocenters. The van der Waals surface area contributed by atoms with Crippen molar-refractivity contribution in [2.24, 2.45) is 11.8 Å². The minimum Gasteiger partial charge on any atom is -0.393 e. The first-order valence-electron chi connectivity index (χ1n) is 10.3. The minimum atomic E-state index is -3.48. The zero-order valence-electron chi connectivity index (χ0n) is 16.5. The van der Waals surface area contributed by atoms with Crippen LogP contribution in [-0.4, -0.2) is 11.9 Å². The lowest BCUT2D eigenvalue weighted by atomic mass is 9.68. The number of carbonyl (C=O) groups excluding carboxylic acids is 2. The number of cyclic esters (lactones) is 2. The summed E-state index contributed by atoms with van der Waals surface area (Å²) < 4.78 is 20.9. The smallest absolute Gasteiger partial charge is 0.319 e. The molecule has 5 heteroatoms. The van der Waals surface area contributed by atoms with Gasteiger partial charge in [-0.3, -0.25) is 9.59 Å². The van der Waals surface area contributed by atoms with Crippen LogP contribution in [0.3, 0.4) is 0 Å². The molecule has 4 nitrogen and oxygen atoms in total. The van der Waals surface area contributed by atoms with Crippen LogP contribution in [0.4, 0.5) is 0 Å². The maximum Gasteiger partial charge on any atom is 0.319 e. The zero-order chi connectivity index (χ0) is 21.3. The van der Waals surface area contributed by atoms with Crippen molar-refractivity contribution in [3.63, 3.8) is 0 Å². The van der Waals surface area contributed by atoms with Crippen LogP contribution in [-0.2, 0) is 29.2 Å². The van der Waals surface area contributed by atoms with Gasteiger partial charge in [0, 0.05) is 5.30 Å². The minimum absolute atomic E-state index is 0.586. The van der Waals surface area contributed by atoms with E-state index < -0.39 is 41.2 Å². The fourth-order valence-corrected chi connectivity index (χ4v) is 11.1. The van der Waals surface area contributed by atoms with E-state index in [-0.39, 0.29) is 0 Å². The van der Waals surface area contributed by atoms with Crippen molar-refractivity contribution in [1.29, 1.82) is 0 Å². The first-order chi connectivity index (χ1) is 15.1. The van der Waals surface area contributed by atoms with Crippen LogP contribution in [0.2, 0.25) is 0 Å². The van der Waals surface area contributed by atoms with E-state index in [1.165, 1.54) is 0 Å². The van der Waals surface area contributed by atoms with E-state index in [1.54, 1.807) is 0 Å². The molecule has 0 N–H and O–H groups in total. The molecule has 2 saturated heterocycles. The van der Waals surface area contributed by atoms with Gasteiger partial charge in [0.15, 0.2) is 0 Å². The van der Waals surface area contributed by atoms with E-state index in [0.717, 1.165) is 11.1 Å². The predicted octanol–water partition coefficient (Wildman–Crippen LogP) is 4.37. The molecule has 0 spiro atoms. The van der Waals surface area contributed by atoms with Gasteiger partial charge >= 0.3 is 11.9 Å². The highest BCUT2D eigenvalue weighted by Crippen LogP contribution is 2.89. The van der Waals surface area contributed by atoms with Crippen molar-refractivity contribution in [3.8, 4) is 0 Å². The lowest BCUT2D eigenvalue weighted by Crippen LogP contribution is -2.37. The molecular weight excluding hydrogens is 407 g/mol. The van der Waals surface area contributed by atoms with Crippen molar-refractivity contribution in [3.05, 3.63) is 114 Å². The van der Waals surface area contributed by atoms with Gasteiger partial charge in [-0.15, -0.1) is 0 Å². The summed E-state index contributed by atoms with van der Waals surface area (Å²) in [6.45, 7) is 0. The van der Waals surface area contributed by atoms with Crippen molar-refractivity contribution in [2.45, 2.75) is 10.3 Å². The fourth-order valence-electron chi connectivity index (χ4n) is 6.13. The molecule has 0 amide bonds. The summed E-state index contributed by atoms with van der Waals surface area (Å²) in [5.74, 6) is -2.84. The van der Waals surface area contributed by atoms with E-state index in [1.807, 2.05) is 103 Å². The van der Waals surface area contributed by atoms with Gasteiger partial charge in [-0.1, -0.05) is 103 Å². The second-order valence-corrected chi connectivity index (χ2v) is 11.6. The highest BCUT2D eigenvalue weighted by atomic mass is 31.2. The summed E-state index contributed by atoms with van der Waals surface area (Å²) in [5.41, 5.74) is 1.55. The van der Waals surface area contributed by atoms with E-state index >= 15 is 4.57 Å². The molecule has 2 fully saturated rings. The number of hydrogen-bond acceptors (Lipinski definition) is 4. The lowest BCUT2D eigenvalue weighted by Gasteiger charge is -2.38. The third-order valence-corrected chi connectivity index (χ3v) is 11.7. The highest BCUT2D eigenvalue weighted by Gasteiger charge is 2.83. The lowest BCUT2D eigenvalue weighted by molar-refractivity contribution is -0.154. The maximum atomic E-state index is 15.7. The summed E-state index contributed by atoms with van der Waals surface area (Å²) in [5, 5.41) is -1.61. The van der Waals surface area contributed by atoms with Crippen LogP contribution in [0.25, 0.3) is 0 Å². The quantitative estimate of drug-likeness (QED) is 0.270. The first kappa shape index (κ1) is 18.5. The van der Waals surface area contributed by atoms with Gasteiger partial charge in [-0.05, 0) is 11.1 Å². The predicted molar refractivity (Wildman–Crippen MR) is 117 cm³/mol. The average Bonchev–Trinajstić information content (AvgIpc) is 3.36. The Hall–Kier alpha value is -3.23. The van der Waals surface area contributed by atoms with Gasteiger partial charge in [0.25, 0.3) is 0 Å². The highest BCUT2D eigenvalue weighted by molar-refractivity contribution is 7.75. The second-order valence-electron chi connectivity index (χ2n) is 8.36. The number of esters is 2. The molecule has 0 aliphatic carbocycles. The fraction of sp³-hybridized carbons (Fsp3) is 0.154. The molecule has 0 radical (unpaired) electrons. The van der Waals surface area contributed by atoms with Crippen molar-refractivity contribution >= 4 is 24.4 Å². The van der Waals surface area contributed by atoms with E-state index in [4.69, 9.17) is 4.74 Å². The Bertz CT molecular complexity index is 1210. The average molecular weight is 426 g/mol. The van der Waals surface area contributed by atoms with E-state index in [9.17, 15) is 9.59 Å². The Labute approximate surface area is 179 Å². The van der Waals surface area contributed by atoms with E-state index in [0.29, 0.717) is 5.30 Å². The van der Waals surface area contributed by atoms with Crippen LogP contribution >= 0.6 is 7.14 Å².